The molecule has 1 heterocycles. The number of hydrogen-bond donors (Lipinski definition) is 1. The molecule has 0 saturated heterocycles. The monoisotopic (exact) mass is 287 g/mol. The Morgan fingerprint density at radius 2 is 1.95 bits per heavy atom. The molecule has 1 fully saturated rings. The third kappa shape index (κ3) is 3.94. The van der Waals surface area contributed by atoms with E-state index in [1.165, 1.54) is 18.4 Å². The zero-order valence-electron chi connectivity index (χ0n) is 11.3. The van der Waals surface area contributed by atoms with Crippen molar-refractivity contribution in [2.75, 3.05) is 11.9 Å². The highest BCUT2D eigenvalue weighted by Gasteiger charge is 2.23. The molecule has 4 heteroatoms. The largest absolute Gasteiger partial charge is 0.370 e. The topological polar surface area (TPSA) is 37.8 Å². The van der Waals surface area contributed by atoms with Crippen LogP contribution in [0.3, 0.4) is 0 Å². The summed E-state index contributed by atoms with van der Waals surface area (Å²) >= 11 is 6.06. The van der Waals surface area contributed by atoms with Crippen molar-refractivity contribution < 1.29 is 0 Å². The summed E-state index contributed by atoms with van der Waals surface area (Å²) in [5.74, 6) is 2.46. The van der Waals surface area contributed by atoms with Gasteiger partial charge in [0.1, 0.15) is 16.8 Å². The van der Waals surface area contributed by atoms with Crippen molar-refractivity contribution in [1.29, 1.82) is 0 Å². The Bertz CT molecular complexity index is 567. The van der Waals surface area contributed by atoms with Gasteiger partial charge >= 0.3 is 0 Å². The highest BCUT2D eigenvalue weighted by molar-refractivity contribution is 6.29. The number of aromatic nitrogens is 2. The molecule has 1 aromatic carbocycles. The van der Waals surface area contributed by atoms with Crippen molar-refractivity contribution in [2.24, 2.45) is 5.92 Å². The van der Waals surface area contributed by atoms with Crippen LogP contribution in [0.4, 0.5) is 5.82 Å². The molecular weight excluding hydrogens is 270 g/mol. The van der Waals surface area contributed by atoms with Crippen LogP contribution in [-0.4, -0.2) is 16.5 Å². The van der Waals surface area contributed by atoms with Crippen LogP contribution < -0.4 is 5.32 Å². The molecular formula is C16H18ClN3. The smallest absolute Gasteiger partial charge is 0.134 e. The molecule has 0 spiro atoms. The minimum atomic E-state index is 0.526. The van der Waals surface area contributed by atoms with E-state index in [0.717, 1.165) is 36.9 Å². The zero-order valence-corrected chi connectivity index (χ0v) is 12.1. The molecule has 3 nitrogen and oxygen atoms in total. The lowest BCUT2D eigenvalue weighted by Gasteiger charge is -2.08. The van der Waals surface area contributed by atoms with Gasteiger partial charge in [0.2, 0.25) is 0 Å². The van der Waals surface area contributed by atoms with Crippen molar-refractivity contribution in [2.45, 2.75) is 25.7 Å². The summed E-state index contributed by atoms with van der Waals surface area (Å²) in [6.07, 6.45) is 4.52. The Labute approximate surface area is 124 Å². The first-order valence-electron chi connectivity index (χ1n) is 7.11. The van der Waals surface area contributed by atoms with Crippen molar-refractivity contribution in [3.8, 4) is 0 Å². The molecule has 0 unspecified atom stereocenters. The number of halogens is 1. The van der Waals surface area contributed by atoms with Gasteiger partial charge in [0.05, 0.1) is 0 Å². The Morgan fingerprint density at radius 3 is 2.70 bits per heavy atom. The molecule has 0 aliphatic heterocycles. The van der Waals surface area contributed by atoms with Gasteiger partial charge in [-0.15, -0.1) is 0 Å². The summed E-state index contributed by atoms with van der Waals surface area (Å²) in [4.78, 5) is 8.83. The highest BCUT2D eigenvalue weighted by atomic mass is 35.5. The Hall–Kier alpha value is -1.61. The van der Waals surface area contributed by atoms with E-state index >= 15 is 0 Å². The van der Waals surface area contributed by atoms with Crippen LogP contribution in [0.1, 0.15) is 24.2 Å². The van der Waals surface area contributed by atoms with E-state index < -0.39 is 0 Å². The van der Waals surface area contributed by atoms with Gasteiger partial charge in [-0.05, 0) is 30.7 Å². The lowest BCUT2D eigenvalue weighted by molar-refractivity contribution is 0.769. The van der Waals surface area contributed by atoms with E-state index in [1.807, 2.05) is 6.07 Å². The normalized spacial score (nSPS) is 14.2. The summed E-state index contributed by atoms with van der Waals surface area (Å²) in [5, 5.41) is 3.86. The van der Waals surface area contributed by atoms with Crippen LogP contribution in [-0.2, 0) is 12.8 Å². The fraction of sp³-hybridized carbons (Fsp3) is 0.375. The second-order valence-electron chi connectivity index (χ2n) is 5.30. The van der Waals surface area contributed by atoms with E-state index in [0.29, 0.717) is 5.15 Å². The maximum atomic E-state index is 6.06. The molecule has 0 radical (unpaired) electrons. The summed E-state index contributed by atoms with van der Waals surface area (Å²) in [6, 6.07) is 12.2. The summed E-state index contributed by atoms with van der Waals surface area (Å²) < 4.78 is 0. The molecule has 104 valence electrons. The minimum Gasteiger partial charge on any atom is -0.370 e. The molecule has 0 amide bonds. The molecule has 20 heavy (non-hydrogen) atoms. The Kier molecular flexibility index (Phi) is 4.16. The molecule has 1 saturated carbocycles. The standard InChI is InChI=1S/C16H18ClN3/c17-14-11-15(20-16(19-14)10-13-6-7-13)18-9-8-12-4-2-1-3-5-12/h1-5,11,13H,6-10H2,(H,18,19,20). The van der Waals surface area contributed by atoms with Crippen LogP contribution in [0.5, 0.6) is 0 Å². The summed E-state index contributed by atoms with van der Waals surface area (Å²) in [5.41, 5.74) is 1.32. The average molecular weight is 288 g/mol. The minimum absolute atomic E-state index is 0.526. The van der Waals surface area contributed by atoms with Crippen LogP contribution in [0.25, 0.3) is 0 Å². The Morgan fingerprint density at radius 1 is 1.15 bits per heavy atom. The van der Waals surface area contributed by atoms with Gasteiger partial charge in [-0.3, -0.25) is 0 Å². The second kappa shape index (κ2) is 6.23. The first-order chi connectivity index (χ1) is 9.79. The van der Waals surface area contributed by atoms with Gasteiger partial charge in [0.25, 0.3) is 0 Å². The highest BCUT2D eigenvalue weighted by Crippen LogP contribution is 2.32. The van der Waals surface area contributed by atoms with E-state index in [1.54, 1.807) is 6.07 Å². The molecule has 0 bridgehead atoms. The maximum Gasteiger partial charge on any atom is 0.134 e. The third-order valence-corrected chi connectivity index (χ3v) is 3.67. The van der Waals surface area contributed by atoms with Crippen LogP contribution in [0, 0.1) is 5.92 Å². The molecule has 1 aliphatic carbocycles. The van der Waals surface area contributed by atoms with Crippen LogP contribution >= 0.6 is 11.6 Å². The van der Waals surface area contributed by atoms with Gasteiger partial charge < -0.3 is 5.32 Å². The Balaban J connectivity index is 1.57. The fourth-order valence-corrected chi connectivity index (χ4v) is 2.41. The van der Waals surface area contributed by atoms with Crippen LogP contribution in [0.2, 0.25) is 5.15 Å². The van der Waals surface area contributed by atoms with Crippen molar-refractivity contribution in [3.05, 3.63) is 52.9 Å². The quantitative estimate of drug-likeness (QED) is 0.823. The molecule has 1 aromatic heterocycles. The predicted octanol–water partition coefficient (Wildman–Crippen LogP) is 3.74. The van der Waals surface area contributed by atoms with Crippen molar-refractivity contribution in [1.82, 2.24) is 9.97 Å². The van der Waals surface area contributed by atoms with E-state index in [-0.39, 0.29) is 0 Å². The van der Waals surface area contributed by atoms with Gasteiger partial charge in [-0.25, -0.2) is 9.97 Å². The van der Waals surface area contributed by atoms with Crippen LogP contribution in [0.15, 0.2) is 36.4 Å². The molecule has 2 aromatic rings. The van der Waals surface area contributed by atoms with Gasteiger partial charge in [0.15, 0.2) is 0 Å². The van der Waals surface area contributed by atoms with Gasteiger partial charge in [-0.2, -0.15) is 0 Å². The number of nitrogens with zero attached hydrogens (tertiary/aromatic N) is 2. The number of anilines is 1. The first kappa shape index (κ1) is 13.4. The summed E-state index contributed by atoms with van der Waals surface area (Å²) in [6.45, 7) is 0.847. The number of rotatable bonds is 6. The summed E-state index contributed by atoms with van der Waals surface area (Å²) in [7, 11) is 0. The molecule has 0 atom stereocenters. The lowest BCUT2D eigenvalue weighted by Crippen LogP contribution is -2.08. The fourth-order valence-electron chi connectivity index (χ4n) is 2.21. The van der Waals surface area contributed by atoms with Gasteiger partial charge in [-0.1, -0.05) is 41.9 Å². The maximum absolute atomic E-state index is 6.06. The zero-order chi connectivity index (χ0) is 13.8. The average Bonchev–Trinajstić information content (AvgIpc) is 3.23. The lowest BCUT2D eigenvalue weighted by atomic mass is 10.1. The SMILES string of the molecule is Clc1cc(NCCc2ccccc2)nc(CC2CC2)n1. The van der Waals surface area contributed by atoms with E-state index in [9.17, 15) is 0 Å². The third-order valence-electron chi connectivity index (χ3n) is 3.47. The second-order valence-corrected chi connectivity index (χ2v) is 5.69. The van der Waals surface area contributed by atoms with Crippen molar-refractivity contribution in [3.63, 3.8) is 0 Å². The first-order valence-corrected chi connectivity index (χ1v) is 7.48. The molecule has 3 rings (SSSR count). The van der Waals surface area contributed by atoms with E-state index in [4.69, 9.17) is 11.6 Å². The number of benzene rings is 1. The number of nitrogens with one attached hydrogen (secondary N) is 1. The van der Waals surface area contributed by atoms with Crippen molar-refractivity contribution >= 4 is 17.4 Å². The van der Waals surface area contributed by atoms with E-state index in [2.05, 4.69) is 39.6 Å². The molecule has 1 aliphatic rings. The number of hydrogen-bond acceptors (Lipinski definition) is 3. The van der Waals surface area contributed by atoms with Gasteiger partial charge in [0, 0.05) is 19.0 Å². The predicted molar refractivity (Wildman–Crippen MR) is 82.1 cm³/mol. The molecule has 1 N–H and O–H groups in total.